The standard InChI is InChI=1S/C16H21FN4O2/c1-9-13(17)7-12(15-20-21-16(22)23-15)8-14(9)19-10(2)11-3-5-18-6-4-11/h7-8,10-11,18-19H,3-6H2,1-2H3,(H,21,22). The Labute approximate surface area is 133 Å². The molecule has 1 aliphatic heterocycles. The average Bonchev–Trinajstić information content (AvgIpc) is 2.99. The summed E-state index contributed by atoms with van der Waals surface area (Å²) in [7, 11) is 0. The second kappa shape index (κ2) is 6.54. The molecule has 0 radical (unpaired) electrons. The highest BCUT2D eigenvalue weighted by atomic mass is 19.1. The summed E-state index contributed by atoms with van der Waals surface area (Å²) in [4.78, 5) is 11.1. The highest BCUT2D eigenvalue weighted by molar-refractivity contribution is 5.65. The van der Waals surface area contributed by atoms with Crippen LogP contribution in [0.15, 0.2) is 21.3 Å². The van der Waals surface area contributed by atoms with Crippen LogP contribution in [-0.4, -0.2) is 29.3 Å². The zero-order valence-electron chi connectivity index (χ0n) is 13.3. The molecule has 1 aliphatic rings. The van der Waals surface area contributed by atoms with E-state index in [1.807, 2.05) is 0 Å². The van der Waals surface area contributed by atoms with Crippen molar-refractivity contribution in [1.82, 2.24) is 15.5 Å². The molecule has 1 aromatic carbocycles. The lowest BCUT2D eigenvalue weighted by atomic mass is 9.91. The molecular weight excluding hydrogens is 299 g/mol. The van der Waals surface area contributed by atoms with Gasteiger partial charge >= 0.3 is 5.76 Å². The lowest BCUT2D eigenvalue weighted by Gasteiger charge is -2.30. The number of halogens is 1. The van der Waals surface area contributed by atoms with E-state index >= 15 is 0 Å². The second-order valence-electron chi connectivity index (χ2n) is 6.07. The molecule has 0 amide bonds. The van der Waals surface area contributed by atoms with E-state index in [4.69, 9.17) is 4.42 Å². The highest BCUT2D eigenvalue weighted by Gasteiger charge is 2.21. The van der Waals surface area contributed by atoms with Gasteiger partial charge in [0.25, 0.3) is 0 Å². The molecule has 23 heavy (non-hydrogen) atoms. The molecule has 0 saturated carbocycles. The minimum absolute atomic E-state index is 0.0893. The van der Waals surface area contributed by atoms with Gasteiger partial charge in [-0.05, 0) is 57.8 Å². The van der Waals surface area contributed by atoms with Gasteiger partial charge in [0.15, 0.2) is 0 Å². The van der Waals surface area contributed by atoms with Crippen molar-refractivity contribution in [3.63, 3.8) is 0 Å². The molecule has 1 fully saturated rings. The van der Waals surface area contributed by atoms with E-state index in [9.17, 15) is 9.18 Å². The fourth-order valence-corrected chi connectivity index (χ4v) is 3.01. The Bertz CT molecular complexity index is 734. The van der Waals surface area contributed by atoms with E-state index in [2.05, 4.69) is 27.8 Å². The lowest BCUT2D eigenvalue weighted by molar-refractivity contribution is 0.343. The topological polar surface area (TPSA) is 83.0 Å². The number of rotatable bonds is 4. The van der Waals surface area contributed by atoms with Crippen LogP contribution in [0.3, 0.4) is 0 Å². The van der Waals surface area contributed by atoms with Gasteiger partial charge in [-0.3, -0.25) is 0 Å². The summed E-state index contributed by atoms with van der Waals surface area (Å²) < 4.78 is 19.1. The molecule has 1 aromatic heterocycles. The van der Waals surface area contributed by atoms with Crippen molar-refractivity contribution < 1.29 is 8.81 Å². The molecule has 7 heteroatoms. The maximum atomic E-state index is 14.2. The van der Waals surface area contributed by atoms with Crippen LogP contribution in [0.1, 0.15) is 25.3 Å². The van der Waals surface area contributed by atoms with Crippen LogP contribution in [0.25, 0.3) is 11.5 Å². The van der Waals surface area contributed by atoms with E-state index in [1.54, 1.807) is 13.0 Å². The van der Waals surface area contributed by atoms with Crippen molar-refractivity contribution in [2.45, 2.75) is 32.7 Å². The van der Waals surface area contributed by atoms with E-state index in [1.165, 1.54) is 6.07 Å². The van der Waals surface area contributed by atoms with Crippen molar-refractivity contribution in [1.29, 1.82) is 0 Å². The van der Waals surface area contributed by atoms with Crippen molar-refractivity contribution in [3.05, 3.63) is 34.1 Å². The van der Waals surface area contributed by atoms with Gasteiger partial charge in [0.1, 0.15) is 5.82 Å². The van der Waals surface area contributed by atoms with Crippen LogP contribution in [0, 0.1) is 18.7 Å². The zero-order chi connectivity index (χ0) is 16.4. The SMILES string of the molecule is Cc1c(F)cc(-c2n[nH]c(=O)o2)cc1NC(C)C1CCNCC1. The van der Waals surface area contributed by atoms with Crippen LogP contribution in [-0.2, 0) is 0 Å². The number of piperidine rings is 1. The maximum absolute atomic E-state index is 14.2. The summed E-state index contributed by atoms with van der Waals surface area (Å²) in [6.07, 6.45) is 2.20. The molecule has 1 atom stereocenters. The minimum atomic E-state index is -0.654. The van der Waals surface area contributed by atoms with Gasteiger partial charge in [0.2, 0.25) is 5.89 Å². The Morgan fingerprint density at radius 1 is 1.39 bits per heavy atom. The molecule has 0 spiro atoms. The fourth-order valence-electron chi connectivity index (χ4n) is 3.01. The molecule has 1 saturated heterocycles. The molecule has 3 N–H and O–H groups in total. The number of nitrogens with one attached hydrogen (secondary N) is 3. The summed E-state index contributed by atoms with van der Waals surface area (Å²) in [5.74, 6) is -0.371. The van der Waals surface area contributed by atoms with Gasteiger partial charge in [-0.25, -0.2) is 14.3 Å². The zero-order valence-corrected chi connectivity index (χ0v) is 13.3. The summed E-state index contributed by atoms with van der Waals surface area (Å²) in [6.45, 7) is 5.89. The maximum Gasteiger partial charge on any atom is 0.434 e. The van der Waals surface area contributed by atoms with Crippen molar-refractivity contribution >= 4 is 5.69 Å². The van der Waals surface area contributed by atoms with Gasteiger partial charge in [-0.1, -0.05) is 0 Å². The summed E-state index contributed by atoms with van der Waals surface area (Å²) in [6, 6.07) is 3.33. The third-order valence-corrected chi connectivity index (χ3v) is 4.50. The molecule has 6 nitrogen and oxygen atoms in total. The predicted molar refractivity (Wildman–Crippen MR) is 85.9 cm³/mol. The first-order chi connectivity index (χ1) is 11.0. The van der Waals surface area contributed by atoms with Crippen molar-refractivity contribution in [2.75, 3.05) is 18.4 Å². The quantitative estimate of drug-likeness (QED) is 0.805. The summed E-state index contributed by atoms with van der Waals surface area (Å²) in [5.41, 5.74) is 1.69. The Balaban J connectivity index is 1.85. The van der Waals surface area contributed by atoms with E-state index in [0.29, 0.717) is 22.7 Å². The third-order valence-electron chi connectivity index (χ3n) is 4.50. The Morgan fingerprint density at radius 3 is 2.78 bits per heavy atom. The van der Waals surface area contributed by atoms with Gasteiger partial charge < -0.3 is 15.1 Å². The molecule has 0 bridgehead atoms. The van der Waals surface area contributed by atoms with Gasteiger partial charge in [0.05, 0.1) is 0 Å². The number of H-pyrrole nitrogens is 1. The smallest absolute Gasteiger partial charge is 0.388 e. The molecular formula is C16H21FN4O2. The van der Waals surface area contributed by atoms with Crippen molar-refractivity contribution in [3.8, 4) is 11.5 Å². The van der Waals surface area contributed by atoms with Crippen LogP contribution in [0.2, 0.25) is 0 Å². The summed E-state index contributed by atoms with van der Waals surface area (Å²) >= 11 is 0. The number of hydrogen-bond acceptors (Lipinski definition) is 5. The molecule has 124 valence electrons. The van der Waals surface area contributed by atoms with Crippen LogP contribution in [0.5, 0.6) is 0 Å². The third kappa shape index (κ3) is 3.44. The lowest BCUT2D eigenvalue weighted by Crippen LogP contribution is -2.36. The van der Waals surface area contributed by atoms with Gasteiger partial charge in [-0.15, -0.1) is 5.10 Å². The molecule has 0 aliphatic carbocycles. The second-order valence-corrected chi connectivity index (χ2v) is 6.07. The number of aromatic nitrogens is 2. The number of anilines is 1. The Morgan fingerprint density at radius 2 is 2.13 bits per heavy atom. The highest BCUT2D eigenvalue weighted by Crippen LogP contribution is 2.28. The number of aromatic amines is 1. The van der Waals surface area contributed by atoms with E-state index in [0.717, 1.165) is 25.9 Å². The number of benzene rings is 1. The molecule has 3 rings (SSSR count). The average molecular weight is 320 g/mol. The fraction of sp³-hybridized carbons (Fsp3) is 0.500. The first kappa shape index (κ1) is 15.7. The van der Waals surface area contributed by atoms with E-state index in [-0.39, 0.29) is 17.7 Å². The normalized spacial score (nSPS) is 17.2. The summed E-state index contributed by atoms with van der Waals surface area (Å²) in [5, 5.41) is 12.7. The first-order valence-electron chi connectivity index (χ1n) is 7.88. The predicted octanol–water partition coefficient (Wildman–Crippen LogP) is 2.28. The largest absolute Gasteiger partial charge is 0.434 e. The number of hydrogen-bond donors (Lipinski definition) is 3. The molecule has 1 unspecified atom stereocenters. The Hall–Kier alpha value is -2.15. The number of nitrogens with zero attached hydrogens (tertiary/aromatic N) is 1. The Kier molecular flexibility index (Phi) is 4.47. The monoisotopic (exact) mass is 320 g/mol. The van der Waals surface area contributed by atoms with E-state index < -0.39 is 5.76 Å². The van der Waals surface area contributed by atoms with Crippen LogP contribution < -0.4 is 16.4 Å². The molecule has 2 heterocycles. The minimum Gasteiger partial charge on any atom is -0.388 e. The van der Waals surface area contributed by atoms with Gasteiger partial charge in [-0.2, -0.15) is 0 Å². The van der Waals surface area contributed by atoms with Crippen LogP contribution in [0.4, 0.5) is 10.1 Å². The van der Waals surface area contributed by atoms with Crippen LogP contribution >= 0.6 is 0 Å². The van der Waals surface area contributed by atoms with Gasteiger partial charge in [0, 0.05) is 22.9 Å². The molecule has 2 aromatic rings. The van der Waals surface area contributed by atoms with Crippen molar-refractivity contribution in [2.24, 2.45) is 5.92 Å². The first-order valence-corrected chi connectivity index (χ1v) is 7.88.